The van der Waals surface area contributed by atoms with Gasteiger partial charge in [-0.15, -0.1) is 0 Å². The van der Waals surface area contributed by atoms with Crippen LogP contribution in [0, 0.1) is 20.8 Å². The number of nitrogens with zero attached hydrogens (tertiary/aromatic N) is 3. The Kier molecular flexibility index (Phi) is 7.15. The van der Waals surface area contributed by atoms with E-state index < -0.39 is 9.84 Å². The lowest BCUT2D eigenvalue weighted by molar-refractivity contribution is 0.278. The second kappa shape index (κ2) is 10.3. The molecule has 0 saturated heterocycles. The molecule has 5 aromatic rings. The molecule has 39 heavy (non-hydrogen) atoms. The molecular formula is C29H25Cl2N3O4S. The molecular weight excluding hydrogens is 557 g/mol. The summed E-state index contributed by atoms with van der Waals surface area (Å²) in [5.74, 6) is 1.73. The van der Waals surface area contributed by atoms with Crippen molar-refractivity contribution in [2.45, 2.75) is 32.3 Å². The van der Waals surface area contributed by atoms with Gasteiger partial charge in [-0.2, -0.15) is 0 Å². The summed E-state index contributed by atoms with van der Waals surface area (Å²) in [5.41, 5.74) is 5.34. The van der Waals surface area contributed by atoms with Crippen LogP contribution in [0.15, 0.2) is 70.1 Å². The Morgan fingerprint density at radius 1 is 0.923 bits per heavy atom. The van der Waals surface area contributed by atoms with E-state index in [0.717, 1.165) is 29.0 Å². The third-order valence-electron chi connectivity index (χ3n) is 6.39. The number of oxazole rings is 1. The van der Waals surface area contributed by atoms with Crippen molar-refractivity contribution in [3.05, 3.63) is 93.8 Å². The molecule has 0 amide bonds. The van der Waals surface area contributed by atoms with Gasteiger partial charge in [0.05, 0.1) is 27.9 Å². The van der Waals surface area contributed by atoms with Gasteiger partial charge in [0.1, 0.15) is 11.5 Å². The smallest absolute Gasteiger partial charge is 0.192 e. The fraction of sp³-hybridized carbons (Fsp3) is 0.172. The van der Waals surface area contributed by atoms with Gasteiger partial charge in [-0.3, -0.25) is 0 Å². The second-order valence-electron chi connectivity index (χ2n) is 9.32. The van der Waals surface area contributed by atoms with Crippen molar-refractivity contribution in [3.63, 3.8) is 0 Å². The Morgan fingerprint density at radius 3 is 2.28 bits per heavy atom. The van der Waals surface area contributed by atoms with Crippen LogP contribution in [-0.4, -0.2) is 34.3 Å². The molecule has 10 heteroatoms. The minimum Gasteiger partial charge on any atom is -0.440 e. The van der Waals surface area contributed by atoms with Gasteiger partial charge in [0, 0.05) is 35.5 Å². The molecule has 7 nitrogen and oxygen atoms in total. The van der Waals surface area contributed by atoms with Crippen LogP contribution in [0.4, 0.5) is 0 Å². The van der Waals surface area contributed by atoms with Gasteiger partial charge >= 0.3 is 0 Å². The molecule has 0 aliphatic heterocycles. The van der Waals surface area contributed by atoms with E-state index in [0.29, 0.717) is 49.6 Å². The molecule has 3 aromatic carbocycles. The zero-order chi connectivity index (χ0) is 28.1. The third kappa shape index (κ3) is 5.25. The summed E-state index contributed by atoms with van der Waals surface area (Å²) < 4.78 is 33.1. The van der Waals surface area contributed by atoms with Gasteiger partial charge < -0.3 is 14.1 Å². The average molecular weight is 583 g/mol. The van der Waals surface area contributed by atoms with Crippen molar-refractivity contribution in [3.8, 4) is 39.4 Å². The Morgan fingerprint density at radius 2 is 1.64 bits per heavy atom. The minimum absolute atomic E-state index is 0.0818. The predicted octanol–water partition coefficient (Wildman–Crippen LogP) is 6.99. The van der Waals surface area contributed by atoms with Crippen LogP contribution in [0.2, 0.25) is 10.0 Å². The second-order valence-corrected chi connectivity index (χ2v) is 12.1. The number of benzene rings is 3. The highest BCUT2D eigenvalue weighted by molar-refractivity contribution is 7.90. The fourth-order valence-corrected chi connectivity index (χ4v) is 6.10. The highest BCUT2D eigenvalue weighted by Crippen LogP contribution is 2.41. The quantitative estimate of drug-likeness (QED) is 0.232. The first kappa shape index (κ1) is 27.1. The number of hydrogen-bond acceptors (Lipinski definition) is 6. The Labute approximate surface area is 236 Å². The molecule has 2 aromatic heterocycles. The molecule has 0 radical (unpaired) electrons. The highest BCUT2D eigenvalue weighted by Gasteiger charge is 2.23. The summed E-state index contributed by atoms with van der Waals surface area (Å²) >= 11 is 12.7. The van der Waals surface area contributed by atoms with Gasteiger partial charge in [-0.05, 0) is 66.9 Å². The molecule has 200 valence electrons. The minimum atomic E-state index is -3.57. The molecule has 5 rings (SSSR count). The number of rotatable bonds is 6. The van der Waals surface area contributed by atoms with Crippen molar-refractivity contribution in [2.24, 2.45) is 0 Å². The molecule has 0 bridgehead atoms. The first-order chi connectivity index (χ1) is 18.5. The zero-order valence-electron chi connectivity index (χ0n) is 21.7. The van der Waals surface area contributed by atoms with Crippen LogP contribution in [0.3, 0.4) is 0 Å². The van der Waals surface area contributed by atoms with Crippen LogP contribution in [0.5, 0.6) is 0 Å². The summed E-state index contributed by atoms with van der Waals surface area (Å²) in [4.78, 5) is 9.30. The maximum atomic E-state index is 12.5. The largest absolute Gasteiger partial charge is 0.440 e. The maximum absolute atomic E-state index is 12.5. The number of aryl methyl sites for hydroxylation is 3. The lowest BCUT2D eigenvalue weighted by Gasteiger charge is -2.15. The summed E-state index contributed by atoms with van der Waals surface area (Å²) in [6.45, 7) is 5.22. The van der Waals surface area contributed by atoms with Gasteiger partial charge in [0.2, 0.25) is 0 Å². The van der Waals surface area contributed by atoms with Gasteiger partial charge in [0.25, 0.3) is 0 Å². The van der Waals surface area contributed by atoms with E-state index in [4.69, 9.17) is 27.6 Å². The first-order valence-electron chi connectivity index (χ1n) is 12.0. The number of aromatic nitrogens is 3. The van der Waals surface area contributed by atoms with Gasteiger partial charge in [-0.25, -0.2) is 18.4 Å². The SMILES string of the molecule is Cc1cn(-c2ccc(-c3ccc(CO)c(S(C)(=O)=O)c3)cc2-c2oc(C)nc2-c2ccc(Cl)cc2Cl)c(C)n1. The van der Waals surface area contributed by atoms with E-state index >= 15 is 0 Å². The number of hydrogen-bond donors (Lipinski definition) is 1. The molecule has 0 spiro atoms. The molecule has 0 aliphatic rings. The zero-order valence-corrected chi connectivity index (χ0v) is 24.0. The number of aliphatic hydroxyl groups excluding tert-OH is 1. The lowest BCUT2D eigenvalue weighted by atomic mass is 9.97. The topological polar surface area (TPSA) is 98.2 Å². The molecule has 1 N–H and O–H groups in total. The van der Waals surface area contributed by atoms with E-state index in [-0.39, 0.29) is 11.5 Å². The summed E-state index contributed by atoms with van der Waals surface area (Å²) in [7, 11) is -3.57. The van der Waals surface area contributed by atoms with Crippen LogP contribution in [-0.2, 0) is 16.4 Å². The fourth-order valence-electron chi connectivity index (χ4n) is 4.65. The van der Waals surface area contributed by atoms with Crippen LogP contribution < -0.4 is 0 Å². The Bertz CT molecular complexity index is 1840. The van der Waals surface area contributed by atoms with Crippen LogP contribution in [0.1, 0.15) is 23.0 Å². The van der Waals surface area contributed by atoms with E-state index in [1.165, 1.54) is 0 Å². The lowest BCUT2D eigenvalue weighted by Crippen LogP contribution is -2.03. The first-order valence-corrected chi connectivity index (χ1v) is 14.7. The van der Waals surface area contributed by atoms with Crippen molar-refractivity contribution in [1.29, 1.82) is 0 Å². The summed E-state index contributed by atoms with van der Waals surface area (Å²) in [6.07, 6.45) is 3.06. The van der Waals surface area contributed by atoms with Gasteiger partial charge in [-0.1, -0.05) is 41.4 Å². The summed E-state index contributed by atoms with van der Waals surface area (Å²) in [6, 6.07) is 16.0. The molecule has 0 fully saturated rings. The molecule has 2 heterocycles. The molecule has 0 saturated carbocycles. The van der Waals surface area contributed by atoms with E-state index in [1.807, 2.05) is 42.8 Å². The van der Waals surface area contributed by atoms with Crippen molar-refractivity contribution < 1.29 is 17.9 Å². The standard InChI is InChI=1S/C29H25Cl2N3O4S/c1-16-14-34(17(2)32-16)26-10-7-19(20-5-6-21(15-35)27(12-20)39(4,36)37)11-24(26)29-28(33-18(3)38-29)23-9-8-22(30)13-25(23)31/h5-14,35H,15H2,1-4H3. The number of sulfone groups is 1. The van der Waals surface area contributed by atoms with E-state index in [1.54, 1.807) is 43.3 Å². The van der Waals surface area contributed by atoms with Crippen molar-refractivity contribution >= 4 is 33.0 Å². The number of halogens is 2. The molecule has 0 unspecified atom stereocenters. The Balaban J connectivity index is 1.79. The van der Waals surface area contributed by atoms with Crippen molar-refractivity contribution in [1.82, 2.24) is 14.5 Å². The Hall–Kier alpha value is -3.43. The number of aliphatic hydroxyl groups is 1. The van der Waals surface area contributed by atoms with E-state index in [2.05, 4.69) is 9.97 Å². The third-order valence-corrected chi connectivity index (χ3v) is 8.12. The maximum Gasteiger partial charge on any atom is 0.192 e. The highest BCUT2D eigenvalue weighted by atomic mass is 35.5. The average Bonchev–Trinajstić information content (AvgIpc) is 3.43. The summed E-state index contributed by atoms with van der Waals surface area (Å²) in [5, 5.41) is 10.6. The molecule has 0 aliphatic carbocycles. The predicted molar refractivity (Wildman–Crippen MR) is 153 cm³/mol. The normalized spacial score (nSPS) is 11.8. The monoisotopic (exact) mass is 581 g/mol. The molecule has 0 atom stereocenters. The van der Waals surface area contributed by atoms with Crippen molar-refractivity contribution in [2.75, 3.05) is 6.26 Å². The van der Waals surface area contributed by atoms with Crippen LogP contribution >= 0.6 is 23.2 Å². The van der Waals surface area contributed by atoms with E-state index in [9.17, 15) is 13.5 Å². The van der Waals surface area contributed by atoms with Gasteiger partial charge in [0.15, 0.2) is 21.5 Å². The van der Waals surface area contributed by atoms with Crippen LogP contribution in [0.25, 0.3) is 39.4 Å². The number of imidazole rings is 1.